The molecule has 2 N–H and O–H groups in total. The number of hydrogen-bond donors (Lipinski definition) is 1. The van der Waals surface area contributed by atoms with E-state index in [0.29, 0.717) is 39.8 Å². The molecule has 17 heavy (non-hydrogen) atoms. The molecule has 0 saturated carbocycles. The largest absolute Gasteiger partial charge is 0.444 e. The Morgan fingerprint density at radius 2 is 2.24 bits per heavy atom. The van der Waals surface area contributed by atoms with E-state index in [2.05, 4.69) is 33.1 Å². The normalized spacial score (nSPS) is 12.9. The average molecular weight is 318 g/mol. The molecule has 0 fully saturated rings. The summed E-state index contributed by atoms with van der Waals surface area (Å²) in [7, 11) is 0. The fourth-order valence-electron chi connectivity index (χ4n) is 1.12. The lowest BCUT2D eigenvalue weighted by Crippen LogP contribution is -2.12. The van der Waals surface area contributed by atoms with Gasteiger partial charge in [-0.25, -0.2) is 0 Å². The number of halogens is 1. The molecule has 0 amide bonds. The van der Waals surface area contributed by atoms with Crippen LogP contribution in [0.5, 0.6) is 0 Å². The summed E-state index contributed by atoms with van der Waals surface area (Å²) in [6.07, 6.45) is 0. The third-order valence-corrected chi connectivity index (χ3v) is 3.68. The predicted octanol–water partition coefficient (Wildman–Crippen LogP) is 2.67. The van der Waals surface area contributed by atoms with Gasteiger partial charge in [0.05, 0.1) is 5.75 Å². The van der Waals surface area contributed by atoms with Gasteiger partial charge in [-0.1, -0.05) is 6.92 Å². The Balaban J connectivity index is 2.01. The molecule has 1 atom stereocenters. The molecule has 0 saturated heterocycles. The third-order valence-electron chi connectivity index (χ3n) is 2.07. The minimum absolute atomic E-state index is 0.378. The number of nitrogens with two attached hydrogens (primary N) is 1. The van der Waals surface area contributed by atoms with Crippen molar-refractivity contribution in [2.75, 3.05) is 6.54 Å². The summed E-state index contributed by atoms with van der Waals surface area (Å²) >= 11 is 4.90. The van der Waals surface area contributed by atoms with E-state index in [-0.39, 0.29) is 0 Å². The summed E-state index contributed by atoms with van der Waals surface area (Å²) in [5, 5.41) is 8.26. The first-order chi connectivity index (χ1) is 8.19. The summed E-state index contributed by atoms with van der Waals surface area (Å²) in [5.41, 5.74) is 5.53. The molecule has 92 valence electrons. The van der Waals surface area contributed by atoms with Crippen LogP contribution >= 0.6 is 27.7 Å². The van der Waals surface area contributed by atoms with Crippen molar-refractivity contribution in [3.63, 3.8) is 0 Å². The Morgan fingerprint density at radius 3 is 2.88 bits per heavy atom. The van der Waals surface area contributed by atoms with Gasteiger partial charge in [-0.15, -0.1) is 22.0 Å². The van der Waals surface area contributed by atoms with Gasteiger partial charge in [0.15, 0.2) is 10.4 Å². The molecule has 2 heterocycles. The van der Waals surface area contributed by atoms with Gasteiger partial charge < -0.3 is 14.6 Å². The highest BCUT2D eigenvalue weighted by atomic mass is 79.9. The van der Waals surface area contributed by atoms with Crippen LogP contribution < -0.4 is 5.73 Å². The zero-order chi connectivity index (χ0) is 12.3. The van der Waals surface area contributed by atoms with Crippen LogP contribution in [0, 0.1) is 0 Å². The summed E-state index contributed by atoms with van der Waals surface area (Å²) in [4.78, 5) is 0. The molecule has 0 spiro atoms. The summed E-state index contributed by atoms with van der Waals surface area (Å²) < 4.78 is 11.4. The zero-order valence-corrected chi connectivity index (χ0v) is 11.6. The van der Waals surface area contributed by atoms with Crippen molar-refractivity contribution in [3.8, 4) is 11.7 Å². The lowest BCUT2D eigenvalue weighted by Gasteiger charge is -2.04. The van der Waals surface area contributed by atoms with Crippen LogP contribution in [0.1, 0.15) is 12.8 Å². The maximum absolute atomic E-state index is 5.53. The fraction of sp³-hybridized carbons (Fsp3) is 0.400. The van der Waals surface area contributed by atoms with E-state index in [9.17, 15) is 0 Å². The van der Waals surface area contributed by atoms with Crippen LogP contribution in [0.4, 0.5) is 0 Å². The number of nitrogens with zero attached hydrogens (tertiary/aromatic N) is 2. The Labute approximate surface area is 111 Å². The highest BCUT2D eigenvalue weighted by Gasteiger charge is 2.12. The Bertz CT molecular complexity index is 485. The molecule has 0 aliphatic heterocycles. The van der Waals surface area contributed by atoms with Crippen molar-refractivity contribution in [2.45, 2.75) is 17.9 Å². The molecule has 0 aliphatic rings. The molecule has 0 radical (unpaired) electrons. The van der Waals surface area contributed by atoms with Gasteiger partial charge >= 0.3 is 0 Å². The van der Waals surface area contributed by atoms with Crippen LogP contribution in [-0.2, 0) is 5.75 Å². The Kier molecular flexibility index (Phi) is 4.25. The van der Waals surface area contributed by atoms with Crippen molar-refractivity contribution in [2.24, 2.45) is 5.73 Å². The highest BCUT2D eigenvalue weighted by Crippen LogP contribution is 2.25. The third kappa shape index (κ3) is 3.34. The second-order valence-corrected chi connectivity index (χ2v) is 5.67. The zero-order valence-electron chi connectivity index (χ0n) is 9.22. The molecule has 5 nitrogen and oxygen atoms in total. The maximum atomic E-state index is 5.53. The molecule has 2 rings (SSSR count). The Hall–Kier alpha value is -0.790. The minimum Gasteiger partial charge on any atom is -0.444 e. The lowest BCUT2D eigenvalue weighted by molar-refractivity contribution is 0.486. The van der Waals surface area contributed by atoms with Crippen LogP contribution in [0.15, 0.2) is 25.6 Å². The number of rotatable bonds is 5. The average Bonchev–Trinajstić information content (AvgIpc) is 2.94. The van der Waals surface area contributed by atoms with E-state index in [1.807, 2.05) is 0 Å². The fourth-order valence-corrected chi connectivity index (χ4v) is 2.11. The predicted molar refractivity (Wildman–Crippen MR) is 69.5 cm³/mol. The smallest absolute Gasteiger partial charge is 0.283 e. The van der Waals surface area contributed by atoms with E-state index < -0.39 is 0 Å². The molecule has 2 aromatic rings. The second kappa shape index (κ2) is 5.70. The van der Waals surface area contributed by atoms with Crippen molar-refractivity contribution < 1.29 is 8.83 Å². The first-order valence-corrected chi connectivity index (χ1v) is 6.93. The minimum atomic E-state index is 0.378. The van der Waals surface area contributed by atoms with E-state index >= 15 is 0 Å². The standard InChI is InChI=1S/C10H12BrN3O2S/c1-6(4-12)17-5-9-13-14-10(16-9)7-2-3-8(11)15-7/h2-3,6H,4-5,12H2,1H3. The van der Waals surface area contributed by atoms with Gasteiger partial charge in [-0.3, -0.25) is 0 Å². The van der Waals surface area contributed by atoms with Crippen molar-refractivity contribution in [1.82, 2.24) is 10.2 Å². The molecule has 0 bridgehead atoms. The Morgan fingerprint density at radius 1 is 1.41 bits per heavy atom. The van der Waals surface area contributed by atoms with Gasteiger partial charge in [-0.05, 0) is 28.1 Å². The van der Waals surface area contributed by atoms with Gasteiger partial charge in [0.2, 0.25) is 5.89 Å². The van der Waals surface area contributed by atoms with Crippen molar-refractivity contribution in [3.05, 3.63) is 22.7 Å². The van der Waals surface area contributed by atoms with Crippen LogP contribution in [0.25, 0.3) is 11.7 Å². The molecule has 7 heteroatoms. The number of thioether (sulfide) groups is 1. The summed E-state index contributed by atoms with van der Waals surface area (Å²) in [5.74, 6) is 2.20. The van der Waals surface area contributed by atoms with Crippen molar-refractivity contribution in [1.29, 1.82) is 0 Å². The van der Waals surface area contributed by atoms with E-state index in [4.69, 9.17) is 14.6 Å². The molecular formula is C10H12BrN3O2S. The van der Waals surface area contributed by atoms with E-state index in [1.54, 1.807) is 23.9 Å². The SMILES string of the molecule is CC(CN)SCc1nnc(-c2ccc(Br)o2)o1. The van der Waals surface area contributed by atoms with E-state index in [0.717, 1.165) is 0 Å². The van der Waals surface area contributed by atoms with Crippen LogP contribution in [0.2, 0.25) is 0 Å². The summed E-state index contributed by atoms with van der Waals surface area (Å²) in [6, 6.07) is 3.56. The summed E-state index contributed by atoms with van der Waals surface area (Å²) in [6.45, 7) is 2.70. The second-order valence-electron chi connectivity index (χ2n) is 3.46. The highest BCUT2D eigenvalue weighted by molar-refractivity contribution is 9.10. The molecular weight excluding hydrogens is 306 g/mol. The first kappa shape index (κ1) is 12.7. The molecule has 2 aromatic heterocycles. The molecule has 0 aromatic carbocycles. The van der Waals surface area contributed by atoms with E-state index in [1.165, 1.54) is 0 Å². The van der Waals surface area contributed by atoms with Gasteiger partial charge in [0, 0.05) is 11.8 Å². The quantitative estimate of drug-likeness (QED) is 0.913. The van der Waals surface area contributed by atoms with Crippen LogP contribution in [-0.4, -0.2) is 22.0 Å². The molecule has 0 aliphatic carbocycles. The number of aromatic nitrogens is 2. The number of hydrogen-bond acceptors (Lipinski definition) is 6. The monoisotopic (exact) mass is 317 g/mol. The topological polar surface area (TPSA) is 78.1 Å². The van der Waals surface area contributed by atoms with Gasteiger partial charge in [-0.2, -0.15) is 0 Å². The maximum Gasteiger partial charge on any atom is 0.283 e. The molecule has 1 unspecified atom stereocenters. The first-order valence-electron chi connectivity index (χ1n) is 5.09. The van der Waals surface area contributed by atoms with Gasteiger partial charge in [0.1, 0.15) is 0 Å². The number of furan rings is 1. The van der Waals surface area contributed by atoms with Crippen molar-refractivity contribution >= 4 is 27.7 Å². The van der Waals surface area contributed by atoms with Crippen LogP contribution in [0.3, 0.4) is 0 Å². The van der Waals surface area contributed by atoms with Gasteiger partial charge in [0.25, 0.3) is 5.89 Å². The lowest BCUT2D eigenvalue weighted by atomic mass is 10.5.